The summed E-state index contributed by atoms with van der Waals surface area (Å²) >= 11 is 2.85. The second-order valence-corrected chi connectivity index (χ2v) is 7.29. The van der Waals surface area contributed by atoms with E-state index < -0.39 is 0 Å². The third-order valence-electron chi connectivity index (χ3n) is 2.48. The summed E-state index contributed by atoms with van der Waals surface area (Å²) in [5, 5.41) is 14.7. The number of carbonyl (C=O) groups is 1. The molecule has 114 valence electrons. The largest absolute Gasteiger partial charge is 0.467 e. The molecule has 1 amide bonds. The van der Waals surface area contributed by atoms with Gasteiger partial charge in [0.05, 0.1) is 18.1 Å². The van der Waals surface area contributed by atoms with Gasteiger partial charge in [-0.15, -0.1) is 10.2 Å². The highest BCUT2D eigenvalue weighted by atomic mass is 32.2. The lowest BCUT2D eigenvalue weighted by atomic mass is 10.4. The topological polar surface area (TPSA) is 80.0 Å². The van der Waals surface area contributed by atoms with Crippen LogP contribution in [-0.4, -0.2) is 27.4 Å². The van der Waals surface area contributed by atoms with E-state index in [9.17, 15) is 4.79 Å². The van der Waals surface area contributed by atoms with Crippen molar-refractivity contribution in [3.8, 4) is 0 Å². The Labute approximate surface area is 131 Å². The average Bonchev–Trinajstić information content (AvgIpc) is 3.07. The monoisotopic (exact) mass is 326 g/mol. The van der Waals surface area contributed by atoms with Gasteiger partial charge < -0.3 is 15.1 Å². The molecule has 8 heteroatoms. The van der Waals surface area contributed by atoms with Gasteiger partial charge in [0.1, 0.15) is 5.76 Å². The predicted octanol–water partition coefficient (Wildman–Crippen LogP) is 2.75. The number of amides is 1. The van der Waals surface area contributed by atoms with Crippen molar-refractivity contribution in [2.24, 2.45) is 0 Å². The Morgan fingerprint density at radius 3 is 2.90 bits per heavy atom. The minimum Gasteiger partial charge on any atom is -0.467 e. The highest BCUT2D eigenvalue weighted by Crippen LogP contribution is 2.29. The molecule has 0 fully saturated rings. The molecule has 0 aliphatic rings. The Kier molecular flexibility index (Phi) is 5.63. The normalized spacial score (nSPS) is 12.4. The van der Waals surface area contributed by atoms with Crippen LogP contribution in [0, 0.1) is 0 Å². The van der Waals surface area contributed by atoms with Crippen LogP contribution in [0.1, 0.15) is 26.5 Å². The first-order chi connectivity index (χ1) is 10.0. The van der Waals surface area contributed by atoms with Crippen LogP contribution in [0.2, 0.25) is 0 Å². The number of carbonyl (C=O) groups excluding carboxylic acids is 1. The number of nitrogens with zero attached hydrogens (tertiary/aromatic N) is 2. The lowest BCUT2D eigenvalue weighted by molar-refractivity contribution is -0.120. The van der Waals surface area contributed by atoms with Gasteiger partial charge in [-0.1, -0.05) is 23.1 Å². The third-order valence-corrected chi connectivity index (χ3v) is 4.52. The van der Waals surface area contributed by atoms with Crippen LogP contribution in [-0.2, 0) is 11.3 Å². The second kappa shape index (κ2) is 7.46. The van der Waals surface area contributed by atoms with Gasteiger partial charge in [-0.25, -0.2) is 0 Å². The molecule has 2 aromatic heterocycles. The number of hydrogen-bond acceptors (Lipinski definition) is 7. The number of thioether (sulfide) groups is 1. The zero-order chi connectivity index (χ0) is 15.2. The zero-order valence-corrected chi connectivity index (χ0v) is 13.8. The number of hydrogen-bond donors (Lipinski definition) is 2. The molecule has 0 bridgehead atoms. The van der Waals surface area contributed by atoms with Crippen LogP contribution < -0.4 is 10.6 Å². The smallest absolute Gasteiger partial charge is 0.233 e. The van der Waals surface area contributed by atoms with E-state index in [-0.39, 0.29) is 11.2 Å². The van der Waals surface area contributed by atoms with Gasteiger partial charge in [0, 0.05) is 6.04 Å². The van der Waals surface area contributed by atoms with Crippen molar-refractivity contribution in [1.29, 1.82) is 0 Å². The Bertz CT molecular complexity index is 568. The summed E-state index contributed by atoms with van der Waals surface area (Å²) in [6, 6.07) is 3.93. The van der Waals surface area contributed by atoms with Crippen LogP contribution in [0.25, 0.3) is 0 Å². The summed E-state index contributed by atoms with van der Waals surface area (Å²) < 4.78 is 5.95. The molecule has 6 nitrogen and oxygen atoms in total. The van der Waals surface area contributed by atoms with Crippen molar-refractivity contribution in [3.63, 3.8) is 0 Å². The van der Waals surface area contributed by atoms with Crippen LogP contribution in [0.4, 0.5) is 5.13 Å². The maximum absolute atomic E-state index is 12.0. The molecule has 0 radical (unpaired) electrons. The van der Waals surface area contributed by atoms with Gasteiger partial charge in [0.15, 0.2) is 4.34 Å². The van der Waals surface area contributed by atoms with Gasteiger partial charge in [-0.05, 0) is 32.9 Å². The standard InChI is InChI=1S/C13H18N4O2S2/c1-8(2)15-12-16-17-13(21-12)20-9(3)11(18)14-7-10-5-4-6-19-10/h4-6,8-9H,7H2,1-3H3,(H,14,18)(H,15,16)/t9-/m1/s1. The molecule has 0 saturated heterocycles. The SMILES string of the molecule is CC(C)Nc1nnc(S[C@H](C)C(=O)NCc2ccco2)s1. The molecule has 21 heavy (non-hydrogen) atoms. The van der Waals surface area contributed by atoms with Crippen LogP contribution in [0.3, 0.4) is 0 Å². The number of nitrogens with one attached hydrogen (secondary N) is 2. The molecular weight excluding hydrogens is 308 g/mol. The van der Waals surface area contributed by atoms with Crippen LogP contribution in [0.15, 0.2) is 27.2 Å². The lowest BCUT2D eigenvalue weighted by Gasteiger charge is -2.09. The molecule has 0 unspecified atom stereocenters. The Hall–Kier alpha value is -1.54. The molecule has 1 atom stereocenters. The fourth-order valence-corrected chi connectivity index (χ4v) is 3.56. The molecule has 0 aromatic carbocycles. The first kappa shape index (κ1) is 15.8. The van der Waals surface area contributed by atoms with Crippen molar-refractivity contribution in [2.75, 3.05) is 5.32 Å². The van der Waals surface area contributed by atoms with E-state index in [4.69, 9.17) is 4.42 Å². The van der Waals surface area contributed by atoms with E-state index in [1.165, 1.54) is 23.1 Å². The molecule has 2 heterocycles. The van der Waals surface area contributed by atoms with Crippen molar-refractivity contribution in [3.05, 3.63) is 24.2 Å². The van der Waals surface area contributed by atoms with E-state index >= 15 is 0 Å². The first-order valence-electron chi connectivity index (χ1n) is 6.61. The zero-order valence-electron chi connectivity index (χ0n) is 12.1. The van der Waals surface area contributed by atoms with Crippen molar-refractivity contribution >= 4 is 34.1 Å². The first-order valence-corrected chi connectivity index (χ1v) is 8.31. The van der Waals surface area contributed by atoms with Gasteiger partial charge in [-0.3, -0.25) is 4.79 Å². The summed E-state index contributed by atoms with van der Waals surface area (Å²) in [7, 11) is 0. The predicted molar refractivity (Wildman–Crippen MR) is 84.5 cm³/mol. The van der Waals surface area contributed by atoms with E-state index in [1.807, 2.05) is 26.8 Å². The Balaban J connectivity index is 1.81. The number of aromatic nitrogens is 2. The van der Waals surface area contributed by atoms with E-state index in [0.29, 0.717) is 12.6 Å². The third kappa shape index (κ3) is 5.05. The summed E-state index contributed by atoms with van der Waals surface area (Å²) in [5.41, 5.74) is 0. The molecule has 2 rings (SSSR count). The van der Waals surface area contributed by atoms with Crippen LogP contribution in [0.5, 0.6) is 0 Å². The minimum absolute atomic E-state index is 0.0510. The fourth-order valence-electron chi connectivity index (χ4n) is 1.50. The minimum atomic E-state index is -0.236. The summed E-state index contributed by atoms with van der Waals surface area (Å²) in [6.07, 6.45) is 1.59. The second-order valence-electron chi connectivity index (χ2n) is 4.73. The van der Waals surface area contributed by atoms with Crippen molar-refractivity contribution < 1.29 is 9.21 Å². The van der Waals surface area contributed by atoms with Gasteiger partial charge in [0.25, 0.3) is 0 Å². The maximum Gasteiger partial charge on any atom is 0.233 e. The molecule has 0 spiro atoms. The fraction of sp³-hybridized carbons (Fsp3) is 0.462. The van der Waals surface area contributed by atoms with Gasteiger partial charge in [-0.2, -0.15) is 0 Å². The average molecular weight is 326 g/mol. The molecule has 0 saturated carbocycles. The number of furan rings is 1. The molecular formula is C13H18N4O2S2. The van der Waals surface area contributed by atoms with E-state index in [0.717, 1.165) is 15.2 Å². The quantitative estimate of drug-likeness (QED) is 0.762. The summed E-state index contributed by atoms with van der Waals surface area (Å²) in [4.78, 5) is 12.0. The molecule has 2 aromatic rings. The maximum atomic E-state index is 12.0. The highest BCUT2D eigenvalue weighted by Gasteiger charge is 2.17. The van der Waals surface area contributed by atoms with E-state index in [2.05, 4.69) is 20.8 Å². The van der Waals surface area contributed by atoms with E-state index in [1.54, 1.807) is 12.3 Å². The van der Waals surface area contributed by atoms with Crippen molar-refractivity contribution in [1.82, 2.24) is 15.5 Å². The van der Waals surface area contributed by atoms with Gasteiger partial charge >= 0.3 is 0 Å². The van der Waals surface area contributed by atoms with Crippen molar-refractivity contribution in [2.45, 2.75) is 42.9 Å². The van der Waals surface area contributed by atoms with Gasteiger partial charge in [0.2, 0.25) is 11.0 Å². The summed E-state index contributed by atoms with van der Waals surface area (Å²) in [5.74, 6) is 0.685. The lowest BCUT2D eigenvalue weighted by Crippen LogP contribution is -2.30. The number of anilines is 1. The molecule has 0 aliphatic heterocycles. The Morgan fingerprint density at radius 2 is 2.24 bits per heavy atom. The number of rotatable bonds is 7. The summed E-state index contributed by atoms with van der Waals surface area (Å²) in [6.45, 7) is 6.32. The Morgan fingerprint density at radius 1 is 1.43 bits per heavy atom. The molecule has 2 N–H and O–H groups in total. The van der Waals surface area contributed by atoms with Crippen LogP contribution >= 0.6 is 23.1 Å². The molecule has 0 aliphatic carbocycles. The highest BCUT2D eigenvalue weighted by molar-refractivity contribution is 8.02.